The van der Waals surface area contributed by atoms with Crippen molar-refractivity contribution in [1.82, 2.24) is 14.5 Å². The Labute approximate surface area is 161 Å². The third-order valence-electron chi connectivity index (χ3n) is 6.16. The standard InChI is InChI=1S/C20H28N4O2S/c1-15-17-7-3-4-8-18(17)20(22-21-15)23-13-10-16(11-14-23)19-9-5-6-12-24(19)27(2,25)26/h3-4,7-8,16,19H,5-6,9-14H2,1-2H3. The van der Waals surface area contributed by atoms with Crippen molar-refractivity contribution < 1.29 is 8.42 Å². The van der Waals surface area contributed by atoms with Gasteiger partial charge in [0.25, 0.3) is 0 Å². The molecule has 0 saturated carbocycles. The molecule has 3 heterocycles. The molecule has 2 fully saturated rings. The summed E-state index contributed by atoms with van der Waals surface area (Å²) >= 11 is 0. The van der Waals surface area contributed by atoms with E-state index >= 15 is 0 Å². The Morgan fingerprint density at radius 3 is 2.37 bits per heavy atom. The summed E-state index contributed by atoms with van der Waals surface area (Å²) in [7, 11) is -3.13. The minimum absolute atomic E-state index is 0.164. The molecule has 1 atom stereocenters. The van der Waals surface area contributed by atoms with Gasteiger partial charge in [0, 0.05) is 36.4 Å². The third-order valence-corrected chi connectivity index (χ3v) is 7.47. The van der Waals surface area contributed by atoms with Gasteiger partial charge in [-0.1, -0.05) is 30.7 Å². The van der Waals surface area contributed by atoms with Crippen LogP contribution in [0.4, 0.5) is 5.82 Å². The van der Waals surface area contributed by atoms with Gasteiger partial charge in [0.15, 0.2) is 5.82 Å². The smallest absolute Gasteiger partial charge is 0.211 e. The Morgan fingerprint density at radius 1 is 0.963 bits per heavy atom. The lowest BCUT2D eigenvalue weighted by Crippen LogP contribution is -2.50. The minimum Gasteiger partial charge on any atom is -0.355 e. The van der Waals surface area contributed by atoms with Crippen LogP contribution in [0, 0.1) is 12.8 Å². The van der Waals surface area contributed by atoms with Crippen molar-refractivity contribution in [2.24, 2.45) is 5.92 Å². The molecular weight excluding hydrogens is 360 g/mol. The van der Waals surface area contributed by atoms with Crippen LogP contribution in [-0.2, 0) is 10.0 Å². The topological polar surface area (TPSA) is 66.4 Å². The molecule has 0 spiro atoms. The van der Waals surface area contributed by atoms with Crippen molar-refractivity contribution in [2.75, 3.05) is 30.8 Å². The lowest BCUT2D eigenvalue weighted by Gasteiger charge is -2.42. The number of piperidine rings is 2. The Kier molecular flexibility index (Phi) is 5.07. The number of anilines is 1. The molecule has 7 heteroatoms. The lowest BCUT2D eigenvalue weighted by atomic mass is 9.85. The van der Waals surface area contributed by atoms with E-state index in [0.717, 1.165) is 67.5 Å². The maximum Gasteiger partial charge on any atom is 0.211 e. The van der Waals surface area contributed by atoms with E-state index in [0.29, 0.717) is 12.5 Å². The molecule has 146 valence electrons. The van der Waals surface area contributed by atoms with Crippen molar-refractivity contribution in [3.63, 3.8) is 0 Å². The quantitative estimate of drug-likeness (QED) is 0.809. The van der Waals surface area contributed by atoms with E-state index in [1.165, 1.54) is 6.26 Å². The van der Waals surface area contributed by atoms with Crippen molar-refractivity contribution in [3.8, 4) is 0 Å². The summed E-state index contributed by atoms with van der Waals surface area (Å²) in [5.41, 5.74) is 0.954. The zero-order valence-electron chi connectivity index (χ0n) is 16.1. The molecule has 2 aliphatic heterocycles. The molecule has 0 aliphatic carbocycles. The summed E-state index contributed by atoms with van der Waals surface area (Å²) in [6.07, 6.45) is 6.46. The van der Waals surface area contributed by atoms with Gasteiger partial charge < -0.3 is 4.90 Å². The SMILES string of the molecule is Cc1nnc(N2CCC(C3CCCCN3S(C)(=O)=O)CC2)c2ccccc12. The number of aryl methyl sites for hydroxylation is 1. The van der Waals surface area contributed by atoms with Crippen LogP contribution >= 0.6 is 0 Å². The molecule has 27 heavy (non-hydrogen) atoms. The highest BCUT2D eigenvalue weighted by atomic mass is 32.2. The summed E-state index contributed by atoms with van der Waals surface area (Å²) in [4.78, 5) is 2.32. The van der Waals surface area contributed by atoms with E-state index in [4.69, 9.17) is 0 Å². The Hall–Kier alpha value is -1.73. The highest BCUT2D eigenvalue weighted by Crippen LogP contribution is 2.34. The van der Waals surface area contributed by atoms with E-state index in [9.17, 15) is 8.42 Å². The molecule has 1 aromatic heterocycles. The highest BCUT2D eigenvalue weighted by Gasteiger charge is 2.36. The monoisotopic (exact) mass is 388 g/mol. The Balaban J connectivity index is 1.52. The average molecular weight is 389 g/mol. The predicted octanol–water partition coefficient (Wildman–Crippen LogP) is 2.97. The summed E-state index contributed by atoms with van der Waals surface area (Å²) in [5, 5.41) is 11.2. The lowest BCUT2D eigenvalue weighted by molar-refractivity contribution is 0.164. The molecule has 0 bridgehead atoms. The van der Waals surface area contributed by atoms with Gasteiger partial charge >= 0.3 is 0 Å². The predicted molar refractivity (Wildman–Crippen MR) is 108 cm³/mol. The van der Waals surface area contributed by atoms with Gasteiger partial charge in [0.1, 0.15) is 0 Å². The normalized spacial score (nSPS) is 23.0. The van der Waals surface area contributed by atoms with Crippen molar-refractivity contribution >= 4 is 26.6 Å². The molecular formula is C20H28N4O2S. The van der Waals surface area contributed by atoms with E-state index in [1.807, 2.05) is 19.1 Å². The summed E-state index contributed by atoms with van der Waals surface area (Å²) in [6.45, 7) is 4.48. The molecule has 2 aliphatic rings. The number of fused-ring (bicyclic) bond motifs is 1. The molecule has 0 radical (unpaired) electrons. The van der Waals surface area contributed by atoms with Crippen LogP contribution in [0.1, 0.15) is 37.8 Å². The zero-order valence-corrected chi connectivity index (χ0v) is 17.0. The van der Waals surface area contributed by atoms with Gasteiger partial charge in [-0.3, -0.25) is 0 Å². The Morgan fingerprint density at radius 2 is 1.67 bits per heavy atom. The van der Waals surface area contributed by atoms with Crippen LogP contribution in [-0.4, -0.2) is 54.9 Å². The first-order valence-corrected chi connectivity index (χ1v) is 11.7. The van der Waals surface area contributed by atoms with E-state index in [1.54, 1.807) is 4.31 Å². The Bertz CT molecular complexity index is 923. The fraction of sp³-hybridized carbons (Fsp3) is 0.600. The highest BCUT2D eigenvalue weighted by molar-refractivity contribution is 7.88. The summed E-state index contributed by atoms with van der Waals surface area (Å²) in [6, 6.07) is 8.46. The average Bonchev–Trinajstić information content (AvgIpc) is 2.68. The first-order valence-electron chi connectivity index (χ1n) is 9.89. The second-order valence-electron chi connectivity index (χ2n) is 7.92. The molecule has 0 N–H and O–H groups in total. The van der Waals surface area contributed by atoms with Crippen LogP contribution in [0.2, 0.25) is 0 Å². The van der Waals surface area contributed by atoms with Gasteiger partial charge in [-0.2, -0.15) is 9.40 Å². The van der Waals surface area contributed by atoms with E-state index in [2.05, 4.69) is 27.2 Å². The van der Waals surface area contributed by atoms with Crippen LogP contribution < -0.4 is 4.90 Å². The summed E-state index contributed by atoms with van der Waals surface area (Å²) in [5.74, 6) is 1.39. The number of aromatic nitrogens is 2. The maximum atomic E-state index is 12.2. The number of benzene rings is 1. The number of rotatable bonds is 3. The third kappa shape index (κ3) is 3.67. The van der Waals surface area contributed by atoms with Crippen molar-refractivity contribution in [3.05, 3.63) is 30.0 Å². The molecule has 2 saturated heterocycles. The second-order valence-corrected chi connectivity index (χ2v) is 9.85. The van der Waals surface area contributed by atoms with Gasteiger partial charge in [-0.05, 0) is 38.5 Å². The minimum atomic E-state index is -3.13. The van der Waals surface area contributed by atoms with Crippen LogP contribution in [0.15, 0.2) is 24.3 Å². The van der Waals surface area contributed by atoms with Gasteiger partial charge in [-0.25, -0.2) is 8.42 Å². The van der Waals surface area contributed by atoms with Crippen LogP contribution in [0.3, 0.4) is 0 Å². The fourth-order valence-electron chi connectivity index (χ4n) is 4.77. The molecule has 4 rings (SSSR count). The van der Waals surface area contributed by atoms with Crippen LogP contribution in [0.5, 0.6) is 0 Å². The number of nitrogens with zero attached hydrogens (tertiary/aromatic N) is 4. The molecule has 1 aromatic carbocycles. The fourth-order valence-corrected chi connectivity index (χ4v) is 6.00. The first-order chi connectivity index (χ1) is 12.9. The van der Waals surface area contributed by atoms with Gasteiger partial charge in [0.2, 0.25) is 10.0 Å². The zero-order chi connectivity index (χ0) is 19.0. The number of hydrogen-bond acceptors (Lipinski definition) is 5. The van der Waals surface area contributed by atoms with Crippen molar-refractivity contribution in [1.29, 1.82) is 0 Å². The molecule has 1 unspecified atom stereocenters. The second kappa shape index (κ2) is 7.36. The first kappa shape index (κ1) is 18.6. The molecule has 6 nitrogen and oxygen atoms in total. The largest absolute Gasteiger partial charge is 0.355 e. The maximum absolute atomic E-state index is 12.2. The van der Waals surface area contributed by atoms with E-state index in [-0.39, 0.29) is 6.04 Å². The summed E-state index contributed by atoms with van der Waals surface area (Å²) < 4.78 is 26.2. The number of sulfonamides is 1. The van der Waals surface area contributed by atoms with Crippen molar-refractivity contribution in [2.45, 2.75) is 45.1 Å². The van der Waals surface area contributed by atoms with Gasteiger partial charge in [0.05, 0.1) is 11.9 Å². The van der Waals surface area contributed by atoms with E-state index < -0.39 is 10.0 Å². The molecule has 0 amide bonds. The van der Waals surface area contributed by atoms with Crippen LogP contribution in [0.25, 0.3) is 10.8 Å². The molecule has 2 aromatic rings. The number of hydrogen-bond donors (Lipinski definition) is 0. The van der Waals surface area contributed by atoms with Gasteiger partial charge in [-0.15, -0.1) is 5.10 Å².